The van der Waals surface area contributed by atoms with Gasteiger partial charge >= 0.3 is 10.3 Å². The fraction of sp³-hybridized carbons (Fsp3) is 0.381. The van der Waals surface area contributed by atoms with Crippen LogP contribution in [0.2, 0.25) is 5.22 Å². The topological polar surface area (TPSA) is 142 Å². The van der Waals surface area contributed by atoms with Crippen LogP contribution in [-0.2, 0) is 14.5 Å². The summed E-state index contributed by atoms with van der Waals surface area (Å²) < 4.78 is 48.5. The lowest BCUT2D eigenvalue weighted by Crippen LogP contribution is -2.27. The van der Waals surface area contributed by atoms with Gasteiger partial charge in [0.2, 0.25) is 0 Å². The first kappa shape index (κ1) is 24.3. The Kier molecular flexibility index (Phi) is 7.03. The predicted octanol–water partition coefficient (Wildman–Crippen LogP) is 3.11. The van der Waals surface area contributed by atoms with E-state index in [0.29, 0.717) is 11.3 Å². The molecule has 0 bridgehead atoms. The van der Waals surface area contributed by atoms with Crippen LogP contribution in [0.25, 0.3) is 0 Å². The van der Waals surface area contributed by atoms with Gasteiger partial charge in [0.15, 0.2) is 11.0 Å². The number of hydrogen-bond donors (Lipinski definition) is 2. The van der Waals surface area contributed by atoms with E-state index in [0.717, 1.165) is 0 Å². The molecule has 0 aliphatic heterocycles. The molecule has 0 aromatic carbocycles. The molecule has 34 heavy (non-hydrogen) atoms. The van der Waals surface area contributed by atoms with Gasteiger partial charge in [0.1, 0.15) is 24.1 Å². The van der Waals surface area contributed by atoms with Crippen LogP contribution in [0.15, 0.2) is 47.5 Å². The molecule has 0 spiro atoms. The molecule has 3 heterocycles. The third-order valence-electron chi connectivity index (χ3n) is 5.76. The number of furan rings is 1. The first-order chi connectivity index (χ1) is 16.1. The number of aromatic nitrogens is 3. The van der Waals surface area contributed by atoms with Gasteiger partial charge in [-0.3, -0.25) is 8.98 Å². The van der Waals surface area contributed by atoms with Gasteiger partial charge in [-0.05, 0) is 55.5 Å². The molecule has 0 saturated heterocycles. The fourth-order valence-electron chi connectivity index (χ4n) is 3.99. The highest BCUT2D eigenvalue weighted by molar-refractivity contribution is 7.84. The summed E-state index contributed by atoms with van der Waals surface area (Å²) >= 11 is 5.85. The van der Waals surface area contributed by atoms with Gasteiger partial charge in [-0.25, -0.2) is 19.5 Å². The highest BCUT2D eigenvalue weighted by Crippen LogP contribution is 2.32. The molecule has 3 N–H and O–H groups in total. The lowest BCUT2D eigenvalue weighted by Gasteiger charge is -2.17. The smallest absolute Gasteiger partial charge is 0.333 e. The average Bonchev–Trinajstić information content (AvgIpc) is 3.52. The van der Waals surface area contributed by atoms with Crippen molar-refractivity contribution in [2.75, 3.05) is 11.9 Å². The van der Waals surface area contributed by atoms with Crippen LogP contribution in [0, 0.1) is 5.92 Å². The summed E-state index contributed by atoms with van der Waals surface area (Å²) in [5, 5.41) is 8.10. The molecule has 13 heteroatoms. The lowest BCUT2D eigenvalue weighted by molar-refractivity contribution is 0.103. The van der Waals surface area contributed by atoms with Gasteiger partial charge in [-0.1, -0.05) is 0 Å². The van der Waals surface area contributed by atoms with Crippen molar-refractivity contribution in [1.82, 2.24) is 14.5 Å². The third-order valence-corrected chi connectivity index (χ3v) is 6.43. The number of rotatable bonds is 9. The zero-order valence-corrected chi connectivity index (χ0v) is 19.7. The molecule has 182 valence electrons. The Labute approximate surface area is 200 Å². The van der Waals surface area contributed by atoms with Crippen molar-refractivity contribution in [2.45, 2.75) is 38.0 Å². The number of nitrogens with two attached hydrogens (primary N) is 1. The zero-order chi connectivity index (χ0) is 24.5. The quantitative estimate of drug-likeness (QED) is 0.417. The predicted molar refractivity (Wildman–Crippen MR) is 122 cm³/mol. The highest BCUT2D eigenvalue weighted by Gasteiger charge is 2.36. The summed E-state index contributed by atoms with van der Waals surface area (Å²) in [6.45, 7) is 1.69. The molecular formula is C21H23ClFN5O5S. The molecule has 1 saturated carbocycles. The Morgan fingerprint density at radius 1 is 1.41 bits per heavy atom. The van der Waals surface area contributed by atoms with Crippen LogP contribution in [0.4, 0.5) is 10.2 Å². The molecule has 3 aromatic heterocycles. The molecule has 10 nitrogen and oxygen atoms in total. The SMILES string of the molecule is CC(c1ccc(Cl)o1)n1ccc(C(=O)c2cncnc2NC2CC(COS(N)(=O)=O)CC2F)c1. The van der Waals surface area contributed by atoms with Crippen molar-refractivity contribution in [1.29, 1.82) is 0 Å². The van der Waals surface area contributed by atoms with Crippen LogP contribution in [0.3, 0.4) is 0 Å². The Morgan fingerprint density at radius 3 is 2.91 bits per heavy atom. The van der Waals surface area contributed by atoms with E-state index in [9.17, 15) is 17.6 Å². The maximum absolute atomic E-state index is 14.6. The maximum atomic E-state index is 14.6. The van der Waals surface area contributed by atoms with Crippen LogP contribution in [0.1, 0.15) is 47.5 Å². The molecule has 3 aromatic rings. The number of anilines is 1. The van der Waals surface area contributed by atoms with E-state index in [1.807, 2.05) is 11.5 Å². The van der Waals surface area contributed by atoms with Gasteiger partial charge in [0.05, 0.1) is 24.3 Å². The van der Waals surface area contributed by atoms with Gasteiger partial charge < -0.3 is 14.3 Å². The largest absolute Gasteiger partial charge is 0.448 e. The molecule has 4 rings (SSSR count). The van der Waals surface area contributed by atoms with E-state index >= 15 is 0 Å². The molecular weight excluding hydrogens is 489 g/mol. The Hall–Kier alpha value is -2.80. The first-order valence-electron chi connectivity index (χ1n) is 10.5. The van der Waals surface area contributed by atoms with Crippen LogP contribution >= 0.6 is 11.6 Å². The van der Waals surface area contributed by atoms with E-state index < -0.39 is 22.5 Å². The normalized spacial score (nSPS) is 21.5. The van der Waals surface area contributed by atoms with Gasteiger partial charge in [0, 0.05) is 24.2 Å². The molecule has 0 amide bonds. The van der Waals surface area contributed by atoms with E-state index in [1.165, 1.54) is 12.5 Å². The Balaban J connectivity index is 1.47. The van der Waals surface area contributed by atoms with Crippen molar-refractivity contribution >= 4 is 33.5 Å². The average molecular weight is 512 g/mol. The summed E-state index contributed by atoms with van der Waals surface area (Å²) in [6.07, 6.45) is 5.15. The van der Waals surface area contributed by atoms with Crippen LogP contribution in [0.5, 0.6) is 0 Å². The minimum absolute atomic E-state index is 0.0963. The number of nitrogens with one attached hydrogen (secondary N) is 1. The fourth-order valence-corrected chi connectivity index (χ4v) is 4.53. The molecule has 4 atom stereocenters. The van der Waals surface area contributed by atoms with Crippen molar-refractivity contribution in [3.8, 4) is 0 Å². The minimum Gasteiger partial charge on any atom is -0.448 e. The van der Waals surface area contributed by atoms with Gasteiger partial charge in [-0.15, -0.1) is 0 Å². The van der Waals surface area contributed by atoms with Crippen molar-refractivity contribution < 1.29 is 26.2 Å². The molecule has 0 radical (unpaired) electrons. The number of carbonyl (C=O) groups is 1. The minimum atomic E-state index is -4.10. The monoisotopic (exact) mass is 511 g/mol. The van der Waals surface area contributed by atoms with Crippen molar-refractivity contribution in [3.63, 3.8) is 0 Å². The summed E-state index contributed by atoms with van der Waals surface area (Å²) in [5.41, 5.74) is 0.579. The van der Waals surface area contributed by atoms with Gasteiger partial charge in [0.25, 0.3) is 0 Å². The zero-order valence-electron chi connectivity index (χ0n) is 18.1. The number of nitrogens with zero attached hydrogens (tertiary/aromatic N) is 3. The third kappa shape index (κ3) is 5.63. The molecule has 4 unspecified atom stereocenters. The van der Waals surface area contributed by atoms with Crippen LogP contribution < -0.4 is 10.5 Å². The summed E-state index contributed by atoms with van der Waals surface area (Å²) in [6, 6.07) is 4.20. The summed E-state index contributed by atoms with van der Waals surface area (Å²) in [7, 11) is -4.10. The first-order valence-corrected chi connectivity index (χ1v) is 12.3. The van der Waals surface area contributed by atoms with E-state index in [-0.39, 0.29) is 53.8 Å². The Morgan fingerprint density at radius 2 is 2.21 bits per heavy atom. The highest BCUT2D eigenvalue weighted by atomic mass is 35.5. The molecule has 1 aliphatic rings. The number of alkyl halides is 1. The van der Waals surface area contributed by atoms with Crippen LogP contribution in [-0.4, -0.2) is 47.6 Å². The summed E-state index contributed by atoms with van der Waals surface area (Å²) in [5.74, 6) is 0.145. The second kappa shape index (κ2) is 9.82. The second-order valence-corrected chi connectivity index (χ2v) is 9.75. The number of ketones is 1. The summed E-state index contributed by atoms with van der Waals surface area (Å²) in [4.78, 5) is 21.3. The van der Waals surface area contributed by atoms with Crippen molar-refractivity contribution in [2.24, 2.45) is 11.1 Å². The molecule has 1 fully saturated rings. The van der Waals surface area contributed by atoms with E-state index in [2.05, 4.69) is 19.5 Å². The lowest BCUT2D eigenvalue weighted by atomic mass is 10.1. The Bertz CT molecular complexity index is 1280. The van der Waals surface area contributed by atoms with Crippen molar-refractivity contribution in [3.05, 3.63) is 65.2 Å². The van der Waals surface area contributed by atoms with E-state index in [1.54, 1.807) is 30.6 Å². The standard InChI is InChI=1S/C21H23ClFN5O5S/c1-12(18-2-3-19(22)33-18)28-5-4-14(9-28)20(29)15-8-25-11-26-21(15)27-17-7-13(6-16(17)23)10-32-34(24,30)31/h2-5,8-9,11-13,16-17H,6-7,10H2,1H3,(H2,24,30,31)(H,25,26,27). The maximum Gasteiger partial charge on any atom is 0.333 e. The second-order valence-electron chi connectivity index (χ2n) is 8.16. The number of hydrogen-bond acceptors (Lipinski definition) is 8. The number of halogens is 2. The van der Waals surface area contributed by atoms with Gasteiger partial charge in [-0.2, -0.15) is 8.42 Å². The van der Waals surface area contributed by atoms with E-state index in [4.69, 9.17) is 21.2 Å². The number of carbonyl (C=O) groups excluding carboxylic acids is 1. The molecule has 1 aliphatic carbocycles.